The van der Waals surface area contributed by atoms with Gasteiger partial charge < -0.3 is 20.1 Å². The molecule has 0 spiro atoms. The smallest absolute Gasteiger partial charge is 0.203 e. The van der Waals surface area contributed by atoms with Crippen LogP contribution in [0.5, 0.6) is 17.2 Å². The van der Waals surface area contributed by atoms with Crippen molar-refractivity contribution < 1.29 is 20.1 Å². The number of aliphatic hydroxyl groups excluding tert-OH is 1. The zero-order chi connectivity index (χ0) is 13.0. The highest BCUT2D eigenvalue weighted by atomic mass is 16.5. The molecule has 0 bridgehead atoms. The number of aromatic hydroxyl groups is 2. The molecule has 94 valence electrons. The van der Waals surface area contributed by atoms with Gasteiger partial charge in [0, 0.05) is 5.56 Å². The quantitative estimate of drug-likeness (QED) is 0.773. The first-order valence-corrected chi connectivity index (χ1v) is 5.53. The minimum absolute atomic E-state index is 0.00889. The Morgan fingerprint density at radius 3 is 2.33 bits per heavy atom. The van der Waals surface area contributed by atoms with E-state index in [1.54, 1.807) is 0 Å². The molecule has 3 N–H and O–H groups in total. The predicted octanol–water partition coefficient (Wildman–Crippen LogP) is 2.17. The Kier molecular flexibility index (Phi) is 3.69. The Morgan fingerprint density at radius 2 is 1.67 bits per heavy atom. The Hall–Kier alpha value is -2.20. The van der Waals surface area contributed by atoms with Crippen LogP contribution < -0.4 is 4.74 Å². The van der Waals surface area contributed by atoms with Crippen LogP contribution in [-0.4, -0.2) is 15.3 Å². The number of aliphatic hydroxyl groups is 1. The molecule has 0 aromatic heterocycles. The lowest BCUT2D eigenvalue weighted by Gasteiger charge is -2.12. The topological polar surface area (TPSA) is 69.9 Å². The SMILES string of the molecule is OCc1ccc(O)c(OCc2ccccc2)c1O. The summed E-state index contributed by atoms with van der Waals surface area (Å²) in [7, 11) is 0. The summed E-state index contributed by atoms with van der Waals surface area (Å²) in [5.74, 6) is -0.389. The first-order chi connectivity index (χ1) is 8.72. The van der Waals surface area contributed by atoms with E-state index >= 15 is 0 Å². The van der Waals surface area contributed by atoms with Crippen LogP contribution in [0.1, 0.15) is 11.1 Å². The largest absolute Gasteiger partial charge is 0.504 e. The summed E-state index contributed by atoms with van der Waals surface area (Å²) < 4.78 is 5.38. The molecule has 2 aromatic rings. The van der Waals surface area contributed by atoms with Crippen molar-refractivity contribution in [1.29, 1.82) is 0 Å². The molecular weight excluding hydrogens is 232 g/mol. The first-order valence-electron chi connectivity index (χ1n) is 5.53. The van der Waals surface area contributed by atoms with E-state index in [4.69, 9.17) is 9.84 Å². The van der Waals surface area contributed by atoms with Gasteiger partial charge in [0.1, 0.15) is 6.61 Å². The highest BCUT2D eigenvalue weighted by molar-refractivity contribution is 5.54. The molecule has 0 radical (unpaired) electrons. The zero-order valence-electron chi connectivity index (χ0n) is 9.71. The van der Waals surface area contributed by atoms with Crippen molar-refractivity contribution in [3.63, 3.8) is 0 Å². The summed E-state index contributed by atoms with van der Waals surface area (Å²) in [4.78, 5) is 0. The van der Waals surface area contributed by atoms with Crippen LogP contribution in [0.2, 0.25) is 0 Å². The van der Waals surface area contributed by atoms with Crippen molar-refractivity contribution in [3.8, 4) is 17.2 Å². The number of hydrogen-bond donors (Lipinski definition) is 3. The van der Waals surface area contributed by atoms with Crippen LogP contribution in [0.15, 0.2) is 42.5 Å². The normalized spacial score (nSPS) is 10.3. The van der Waals surface area contributed by atoms with Crippen molar-refractivity contribution in [2.24, 2.45) is 0 Å². The number of ether oxygens (including phenoxy) is 1. The molecule has 0 aliphatic rings. The van der Waals surface area contributed by atoms with Gasteiger partial charge in [0.05, 0.1) is 6.61 Å². The van der Waals surface area contributed by atoms with Gasteiger partial charge in [-0.15, -0.1) is 0 Å². The monoisotopic (exact) mass is 246 g/mol. The molecule has 0 amide bonds. The van der Waals surface area contributed by atoms with E-state index in [0.29, 0.717) is 5.56 Å². The third kappa shape index (κ3) is 2.55. The van der Waals surface area contributed by atoms with Gasteiger partial charge in [-0.25, -0.2) is 0 Å². The third-order valence-electron chi connectivity index (χ3n) is 2.59. The van der Waals surface area contributed by atoms with E-state index in [2.05, 4.69) is 0 Å². The van der Waals surface area contributed by atoms with Gasteiger partial charge in [-0.1, -0.05) is 30.3 Å². The number of phenolic OH excluding ortho intramolecular Hbond substituents is 1. The van der Waals surface area contributed by atoms with Crippen LogP contribution in [-0.2, 0) is 13.2 Å². The summed E-state index contributed by atoms with van der Waals surface area (Å²) in [6.07, 6.45) is 0. The molecule has 0 unspecified atom stereocenters. The second kappa shape index (κ2) is 5.42. The minimum atomic E-state index is -0.312. The Bertz CT molecular complexity index is 523. The molecule has 0 aliphatic heterocycles. The minimum Gasteiger partial charge on any atom is -0.504 e. The fourth-order valence-electron chi connectivity index (χ4n) is 1.60. The molecule has 2 aromatic carbocycles. The average molecular weight is 246 g/mol. The van der Waals surface area contributed by atoms with Gasteiger partial charge >= 0.3 is 0 Å². The predicted molar refractivity (Wildman–Crippen MR) is 66.5 cm³/mol. The van der Waals surface area contributed by atoms with Gasteiger partial charge in [-0.3, -0.25) is 0 Å². The van der Waals surface area contributed by atoms with E-state index in [0.717, 1.165) is 5.56 Å². The molecule has 0 aliphatic carbocycles. The van der Waals surface area contributed by atoms with Crippen molar-refractivity contribution in [3.05, 3.63) is 53.6 Å². The fourth-order valence-corrected chi connectivity index (χ4v) is 1.60. The third-order valence-corrected chi connectivity index (χ3v) is 2.59. The molecule has 2 rings (SSSR count). The molecule has 0 atom stereocenters. The van der Waals surface area contributed by atoms with Crippen LogP contribution in [0.25, 0.3) is 0 Å². The average Bonchev–Trinajstić information content (AvgIpc) is 2.40. The van der Waals surface area contributed by atoms with Crippen LogP contribution in [0, 0.1) is 0 Å². The van der Waals surface area contributed by atoms with Crippen LogP contribution in [0.4, 0.5) is 0 Å². The summed E-state index contributed by atoms with van der Waals surface area (Å²) in [6, 6.07) is 12.2. The lowest BCUT2D eigenvalue weighted by atomic mass is 10.2. The molecule has 0 saturated carbocycles. The van der Waals surface area contributed by atoms with Crippen molar-refractivity contribution in [1.82, 2.24) is 0 Å². The van der Waals surface area contributed by atoms with E-state index in [1.165, 1.54) is 12.1 Å². The van der Waals surface area contributed by atoms with Gasteiger partial charge in [-0.05, 0) is 17.7 Å². The van der Waals surface area contributed by atoms with Crippen molar-refractivity contribution in [2.45, 2.75) is 13.2 Å². The Morgan fingerprint density at radius 1 is 0.944 bits per heavy atom. The molecular formula is C14H14O4. The second-order valence-corrected chi connectivity index (χ2v) is 3.85. The van der Waals surface area contributed by atoms with Gasteiger partial charge in [-0.2, -0.15) is 0 Å². The van der Waals surface area contributed by atoms with Gasteiger partial charge in [0.2, 0.25) is 5.75 Å². The van der Waals surface area contributed by atoms with Gasteiger partial charge in [0.25, 0.3) is 0 Å². The van der Waals surface area contributed by atoms with E-state index in [-0.39, 0.29) is 30.5 Å². The van der Waals surface area contributed by atoms with Crippen LogP contribution >= 0.6 is 0 Å². The number of benzene rings is 2. The maximum atomic E-state index is 9.80. The highest BCUT2D eigenvalue weighted by Crippen LogP contribution is 2.38. The second-order valence-electron chi connectivity index (χ2n) is 3.85. The maximum Gasteiger partial charge on any atom is 0.203 e. The summed E-state index contributed by atoms with van der Waals surface area (Å²) in [6.45, 7) is -0.0787. The van der Waals surface area contributed by atoms with Gasteiger partial charge in [0.15, 0.2) is 11.5 Å². The van der Waals surface area contributed by atoms with E-state index < -0.39 is 0 Å². The summed E-state index contributed by atoms with van der Waals surface area (Å²) >= 11 is 0. The standard InChI is InChI=1S/C14H14O4/c15-8-11-6-7-12(16)14(13(11)17)18-9-10-4-2-1-3-5-10/h1-7,15-17H,8-9H2. The lowest BCUT2D eigenvalue weighted by Crippen LogP contribution is -1.97. The molecule has 4 heteroatoms. The molecule has 0 heterocycles. The summed E-state index contributed by atoms with van der Waals surface area (Å²) in [5.41, 5.74) is 1.24. The van der Waals surface area contributed by atoms with E-state index in [1.807, 2.05) is 30.3 Å². The van der Waals surface area contributed by atoms with Crippen molar-refractivity contribution >= 4 is 0 Å². The number of rotatable bonds is 4. The Balaban J connectivity index is 2.19. The molecule has 18 heavy (non-hydrogen) atoms. The van der Waals surface area contributed by atoms with Crippen LogP contribution in [0.3, 0.4) is 0 Å². The molecule has 0 fully saturated rings. The molecule has 0 saturated heterocycles. The fraction of sp³-hybridized carbons (Fsp3) is 0.143. The number of hydrogen-bond acceptors (Lipinski definition) is 4. The Labute approximate surface area is 105 Å². The van der Waals surface area contributed by atoms with E-state index in [9.17, 15) is 10.2 Å². The first kappa shape index (κ1) is 12.3. The lowest BCUT2D eigenvalue weighted by molar-refractivity contribution is 0.256. The molecule has 4 nitrogen and oxygen atoms in total. The van der Waals surface area contributed by atoms with Crippen molar-refractivity contribution in [2.75, 3.05) is 0 Å². The number of phenols is 2. The highest BCUT2D eigenvalue weighted by Gasteiger charge is 2.13. The summed E-state index contributed by atoms with van der Waals surface area (Å²) in [5, 5.41) is 28.4. The zero-order valence-corrected chi connectivity index (χ0v) is 9.71. The maximum absolute atomic E-state index is 9.80.